The highest BCUT2D eigenvalue weighted by molar-refractivity contribution is 5.83. The summed E-state index contributed by atoms with van der Waals surface area (Å²) in [6.45, 7) is 7.13. The van der Waals surface area contributed by atoms with Gasteiger partial charge in [0.05, 0.1) is 0 Å². The lowest BCUT2D eigenvalue weighted by atomic mass is 9.92. The van der Waals surface area contributed by atoms with Gasteiger partial charge in [-0.1, -0.05) is 26.0 Å². The van der Waals surface area contributed by atoms with Gasteiger partial charge in [0.25, 0.3) is 0 Å². The maximum Gasteiger partial charge on any atom is 0.330 e. The number of carboxylic acid groups (broad SMARTS) is 1. The zero-order chi connectivity index (χ0) is 12.7. The number of carbonyl (C=O) groups is 2. The fourth-order valence-electron chi connectivity index (χ4n) is 1.37. The molecule has 0 aliphatic rings. The highest BCUT2D eigenvalue weighted by atomic mass is 16.4. The number of aliphatic carboxylic acids is 1. The lowest BCUT2D eigenvalue weighted by Gasteiger charge is -2.20. The van der Waals surface area contributed by atoms with Crippen LogP contribution in [-0.4, -0.2) is 17.0 Å². The Kier molecular flexibility index (Phi) is 6.15. The van der Waals surface area contributed by atoms with E-state index in [1.165, 1.54) is 6.92 Å². The molecular formula is C12H19NO3. The first-order chi connectivity index (χ1) is 7.38. The Labute approximate surface area is 96.0 Å². The molecule has 0 aromatic rings. The molecule has 2 N–H and O–H groups in total. The van der Waals surface area contributed by atoms with Crippen molar-refractivity contribution in [1.29, 1.82) is 0 Å². The zero-order valence-electron chi connectivity index (χ0n) is 10.2. The topological polar surface area (TPSA) is 66.4 Å². The third-order valence-corrected chi connectivity index (χ3v) is 2.37. The summed E-state index contributed by atoms with van der Waals surface area (Å²) in [5, 5.41) is 11.3. The summed E-state index contributed by atoms with van der Waals surface area (Å²) in [6, 6.07) is 0. The fraction of sp³-hybridized carbons (Fsp3) is 0.500. The van der Waals surface area contributed by atoms with Crippen molar-refractivity contribution in [2.75, 3.05) is 0 Å². The SMILES string of the molecule is C/C=C/[C@@H](C)[C@H](C)/C(=C/C(=O)O)NC(C)=O. The number of allylic oxidation sites excluding steroid dienone is 3. The molecule has 0 heterocycles. The summed E-state index contributed by atoms with van der Waals surface area (Å²) in [7, 11) is 0. The van der Waals surface area contributed by atoms with Crippen molar-refractivity contribution >= 4 is 11.9 Å². The van der Waals surface area contributed by atoms with Crippen LogP contribution in [0, 0.1) is 11.8 Å². The highest BCUT2D eigenvalue weighted by Gasteiger charge is 2.16. The van der Waals surface area contributed by atoms with Crippen LogP contribution in [0.4, 0.5) is 0 Å². The van der Waals surface area contributed by atoms with Gasteiger partial charge in [-0.15, -0.1) is 0 Å². The van der Waals surface area contributed by atoms with E-state index in [2.05, 4.69) is 5.32 Å². The Morgan fingerprint density at radius 3 is 2.25 bits per heavy atom. The molecule has 0 saturated carbocycles. The molecule has 0 fully saturated rings. The summed E-state index contributed by atoms with van der Waals surface area (Å²) < 4.78 is 0. The number of amides is 1. The van der Waals surface area contributed by atoms with Crippen molar-refractivity contribution in [2.45, 2.75) is 27.7 Å². The van der Waals surface area contributed by atoms with Crippen molar-refractivity contribution in [3.05, 3.63) is 23.9 Å². The Balaban J connectivity index is 4.88. The van der Waals surface area contributed by atoms with Gasteiger partial charge in [0, 0.05) is 24.6 Å². The first-order valence-corrected chi connectivity index (χ1v) is 5.23. The molecule has 1 amide bonds. The van der Waals surface area contributed by atoms with Crippen molar-refractivity contribution in [3.63, 3.8) is 0 Å². The summed E-state index contributed by atoms with van der Waals surface area (Å²) in [6.07, 6.45) is 4.93. The van der Waals surface area contributed by atoms with Gasteiger partial charge in [0.1, 0.15) is 0 Å². The number of nitrogens with one attached hydrogen (secondary N) is 1. The van der Waals surface area contributed by atoms with Gasteiger partial charge in [-0.25, -0.2) is 4.79 Å². The van der Waals surface area contributed by atoms with Crippen LogP contribution >= 0.6 is 0 Å². The van der Waals surface area contributed by atoms with Crippen LogP contribution in [0.25, 0.3) is 0 Å². The molecule has 4 nitrogen and oxygen atoms in total. The van der Waals surface area contributed by atoms with E-state index in [1.807, 2.05) is 32.9 Å². The Morgan fingerprint density at radius 2 is 1.88 bits per heavy atom. The minimum Gasteiger partial charge on any atom is -0.478 e. The first-order valence-electron chi connectivity index (χ1n) is 5.23. The second-order valence-corrected chi connectivity index (χ2v) is 3.79. The molecule has 2 atom stereocenters. The summed E-state index contributed by atoms with van der Waals surface area (Å²) >= 11 is 0. The molecule has 0 rings (SSSR count). The average molecular weight is 225 g/mol. The molecule has 90 valence electrons. The van der Waals surface area contributed by atoms with E-state index >= 15 is 0 Å². The largest absolute Gasteiger partial charge is 0.478 e. The van der Waals surface area contributed by atoms with E-state index in [0.717, 1.165) is 6.08 Å². The minimum absolute atomic E-state index is 0.0452. The molecule has 0 bridgehead atoms. The number of carboxylic acids is 1. The zero-order valence-corrected chi connectivity index (χ0v) is 10.2. The van der Waals surface area contributed by atoms with Crippen molar-refractivity contribution in [3.8, 4) is 0 Å². The quantitative estimate of drug-likeness (QED) is 0.555. The van der Waals surface area contributed by atoms with E-state index in [-0.39, 0.29) is 17.7 Å². The predicted octanol–water partition coefficient (Wildman–Crippen LogP) is 1.94. The Morgan fingerprint density at radius 1 is 1.31 bits per heavy atom. The molecule has 16 heavy (non-hydrogen) atoms. The molecular weight excluding hydrogens is 206 g/mol. The number of hydrogen-bond donors (Lipinski definition) is 2. The van der Waals surface area contributed by atoms with Crippen LogP contribution in [0.1, 0.15) is 27.7 Å². The second-order valence-electron chi connectivity index (χ2n) is 3.79. The number of carbonyl (C=O) groups excluding carboxylic acids is 1. The highest BCUT2D eigenvalue weighted by Crippen LogP contribution is 2.19. The summed E-state index contributed by atoms with van der Waals surface area (Å²) in [4.78, 5) is 21.6. The first kappa shape index (κ1) is 14.4. The van der Waals surface area contributed by atoms with E-state index in [0.29, 0.717) is 5.70 Å². The third kappa shape index (κ3) is 5.34. The van der Waals surface area contributed by atoms with E-state index in [4.69, 9.17) is 5.11 Å². The normalized spacial score (nSPS) is 15.9. The standard InChI is InChI=1S/C12H19NO3/c1-5-6-8(2)9(3)11(7-12(15)16)13-10(4)14/h5-9H,1-4H3,(H,13,14)(H,15,16)/b6-5+,11-7-/t8-,9+/m1/s1. The van der Waals surface area contributed by atoms with Crippen molar-refractivity contribution < 1.29 is 14.7 Å². The van der Waals surface area contributed by atoms with Crippen LogP contribution in [0.2, 0.25) is 0 Å². The Bertz CT molecular complexity index is 318. The molecule has 0 aliphatic carbocycles. The van der Waals surface area contributed by atoms with Crippen molar-refractivity contribution in [1.82, 2.24) is 5.32 Å². The predicted molar refractivity (Wildman–Crippen MR) is 62.7 cm³/mol. The maximum atomic E-state index is 11.0. The van der Waals surface area contributed by atoms with E-state index < -0.39 is 5.97 Å². The van der Waals surface area contributed by atoms with Gasteiger partial charge in [-0.2, -0.15) is 0 Å². The maximum absolute atomic E-state index is 11.0. The van der Waals surface area contributed by atoms with Gasteiger partial charge in [-0.3, -0.25) is 4.79 Å². The molecule has 4 heteroatoms. The minimum atomic E-state index is -1.05. The van der Waals surface area contributed by atoms with Crippen LogP contribution in [0.15, 0.2) is 23.9 Å². The second kappa shape index (κ2) is 6.82. The Hall–Kier alpha value is -1.58. The van der Waals surface area contributed by atoms with Gasteiger partial charge < -0.3 is 10.4 Å². The third-order valence-electron chi connectivity index (χ3n) is 2.37. The van der Waals surface area contributed by atoms with Gasteiger partial charge in [0.2, 0.25) is 5.91 Å². The smallest absolute Gasteiger partial charge is 0.330 e. The summed E-state index contributed by atoms with van der Waals surface area (Å²) in [5.74, 6) is -1.19. The van der Waals surface area contributed by atoms with Gasteiger partial charge >= 0.3 is 5.97 Å². The molecule has 0 aliphatic heterocycles. The molecule has 0 saturated heterocycles. The molecule has 0 aromatic carbocycles. The lowest BCUT2D eigenvalue weighted by molar-refractivity contribution is -0.131. The van der Waals surface area contributed by atoms with Gasteiger partial charge in [-0.05, 0) is 12.8 Å². The monoisotopic (exact) mass is 225 g/mol. The molecule has 0 radical (unpaired) electrons. The fourth-order valence-corrected chi connectivity index (χ4v) is 1.37. The molecule has 0 aromatic heterocycles. The van der Waals surface area contributed by atoms with E-state index in [9.17, 15) is 9.59 Å². The van der Waals surface area contributed by atoms with Crippen LogP contribution in [0.5, 0.6) is 0 Å². The number of hydrogen-bond acceptors (Lipinski definition) is 2. The molecule has 0 spiro atoms. The lowest BCUT2D eigenvalue weighted by Crippen LogP contribution is -2.27. The van der Waals surface area contributed by atoms with Crippen LogP contribution in [-0.2, 0) is 9.59 Å². The van der Waals surface area contributed by atoms with Crippen molar-refractivity contribution in [2.24, 2.45) is 11.8 Å². The van der Waals surface area contributed by atoms with Crippen LogP contribution < -0.4 is 5.32 Å². The van der Waals surface area contributed by atoms with Crippen LogP contribution in [0.3, 0.4) is 0 Å². The summed E-state index contributed by atoms with van der Waals surface area (Å²) in [5.41, 5.74) is 0.436. The number of rotatable bonds is 5. The van der Waals surface area contributed by atoms with Gasteiger partial charge in [0.15, 0.2) is 0 Å². The molecule has 0 unspecified atom stereocenters. The average Bonchev–Trinajstić information content (AvgIpc) is 2.14. The van der Waals surface area contributed by atoms with E-state index in [1.54, 1.807) is 0 Å².